The van der Waals surface area contributed by atoms with Crippen molar-refractivity contribution in [2.45, 2.75) is 19.9 Å². The average molecular weight is 392 g/mol. The lowest BCUT2D eigenvalue weighted by atomic mass is 10.0. The molecule has 1 N–H and O–H groups in total. The molecule has 27 heavy (non-hydrogen) atoms. The van der Waals surface area contributed by atoms with Gasteiger partial charge >= 0.3 is 0 Å². The van der Waals surface area contributed by atoms with Gasteiger partial charge in [0.25, 0.3) is 5.91 Å². The second-order valence-electron chi connectivity index (χ2n) is 6.26. The van der Waals surface area contributed by atoms with Crippen LogP contribution in [0.25, 0.3) is 0 Å². The van der Waals surface area contributed by atoms with E-state index in [2.05, 4.69) is 5.32 Å². The second kappa shape index (κ2) is 8.06. The SMILES string of the molecule is CCS(=O)(=O)N1CCc2ccc(NC(=O)COc3cccc(F)c3)cc2C1. The van der Waals surface area contributed by atoms with Crippen molar-refractivity contribution >= 4 is 21.6 Å². The third-order valence-electron chi connectivity index (χ3n) is 4.39. The molecule has 0 aliphatic carbocycles. The van der Waals surface area contributed by atoms with E-state index in [1.54, 1.807) is 25.1 Å². The van der Waals surface area contributed by atoms with Gasteiger partial charge in [-0.15, -0.1) is 0 Å². The van der Waals surface area contributed by atoms with Crippen LogP contribution in [-0.2, 0) is 27.8 Å². The van der Waals surface area contributed by atoms with Crippen molar-refractivity contribution in [3.63, 3.8) is 0 Å². The number of carbonyl (C=O) groups is 1. The summed E-state index contributed by atoms with van der Waals surface area (Å²) in [4.78, 5) is 12.1. The molecule has 8 heteroatoms. The molecular weight excluding hydrogens is 371 g/mol. The minimum absolute atomic E-state index is 0.0657. The van der Waals surface area contributed by atoms with Crippen molar-refractivity contribution in [1.29, 1.82) is 0 Å². The summed E-state index contributed by atoms with van der Waals surface area (Å²) in [6.07, 6.45) is 0.644. The molecule has 6 nitrogen and oxygen atoms in total. The quantitative estimate of drug-likeness (QED) is 0.820. The van der Waals surface area contributed by atoms with E-state index in [9.17, 15) is 17.6 Å². The number of nitrogens with one attached hydrogen (secondary N) is 1. The van der Waals surface area contributed by atoms with Crippen molar-refractivity contribution in [3.05, 3.63) is 59.4 Å². The molecule has 1 aliphatic rings. The Morgan fingerprint density at radius 3 is 2.78 bits per heavy atom. The number of nitrogens with zero attached hydrogens (tertiary/aromatic N) is 1. The Labute approximate surface area is 158 Å². The summed E-state index contributed by atoms with van der Waals surface area (Å²) in [6.45, 7) is 2.14. The molecule has 144 valence electrons. The van der Waals surface area contributed by atoms with E-state index in [-0.39, 0.29) is 24.0 Å². The lowest BCUT2D eigenvalue weighted by Crippen LogP contribution is -2.36. The van der Waals surface area contributed by atoms with Crippen LogP contribution in [0.5, 0.6) is 5.75 Å². The fourth-order valence-electron chi connectivity index (χ4n) is 2.93. The third kappa shape index (κ3) is 4.84. The summed E-state index contributed by atoms with van der Waals surface area (Å²) in [5, 5.41) is 2.72. The molecule has 2 aromatic rings. The van der Waals surface area contributed by atoms with Gasteiger partial charge in [-0.25, -0.2) is 12.8 Å². The maximum absolute atomic E-state index is 13.1. The van der Waals surface area contributed by atoms with Crippen LogP contribution in [0.1, 0.15) is 18.1 Å². The van der Waals surface area contributed by atoms with Gasteiger partial charge in [-0.3, -0.25) is 4.79 Å². The van der Waals surface area contributed by atoms with Gasteiger partial charge in [0.2, 0.25) is 10.0 Å². The van der Waals surface area contributed by atoms with E-state index in [1.165, 1.54) is 22.5 Å². The van der Waals surface area contributed by atoms with Crippen molar-refractivity contribution in [3.8, 4) is 5.75 Å². The summed E-state index contributed by atoms with van der Waals surface area (Å²) in [6, 6.07) is 11.0. The molecule has 0 aromatic heterocycles. The molecule has 0 radical (unpaired) electrons. The van der Waals surface area contributed by atoms with Gasteiger partial charge in [-0.05, 0) is 48.7 Å². The van der Waals surface area contributed by atoms with Gasteiger partial charge in [0.15, 0.2) is 6.61 Å². The number of ether oxygens (including phenoxy) is 1. The fraction of sp³-hybridized carbons (Fsp3) is 0.316. The van der Waals surface area contributed by atoms with Crippen LogP contribution in [0.2, 0.25) is 0 Å². The Bertz CT molecular complexity index is 946. The Hall–Kier alpha value is -2.45. The first-order chi connectivity index (χ1) is 12.9. The predicted octanol–water partition coefficient (Wildman–Crippen LogP) is 2.55. The Balaban J connectivity index is 1.63. The zero-order chi connectivity index (χ0) is 19.4. The van der Waals surface area contributed by atoms with Gasteiger partial charge in [0, 0.05) is 24.8 Å². The summed E-state index contributed by atoms with van der Waals surface area (Å²) in [5.41, 5.74) is 2.52. The second-order valence-corrected chi connectivity index (χ2v) is 8.52. The first-order valence-corrected chi connectivity index (χ1v) is 10.3. The molecule has 0 spiro atoms. The van der Waals surface area contributed by atoms with Gasteiger partial charge in [0.1, 0.15) is 11.6 Å². The fourth-order valence-corrected chi connectivity index (χ4v) is 4.00. The molecule has 1 aliphatic heterocycles. The number of carbonyl (C=O) groups excluding carboxylic acids is 1. The van der Waals surface area contributed by atoms with Crippen LogP contribution in [0.4, 0.5) is 10.1 Å². The van der Waals surface area contributed by atoms with Crippen LogP contribution in [-0.4, -0.2) is 37.5 Å². The van der Waals surface area contributed by atoms with E-state index >= 15 is 0 Å². The number of amides is 1. The van der Waals surface area contributed by atoms with E-state index in [1.807, 2.05) is 6.07 Å². The maximum atomic E-state index is 13.1. The number of anilines is 1. The van der Waals surface area contributed by atoms with Crippen molar-refractivity contribution in [2.24, 2.45) is 0 Å². The molecule has 0 unspecified atom stereocenters. The van der Waals surface area contributed by atoms with Crippen LogP contribution in [0.3, 0.4) is 0 Å². The zero-order valence-electron chi connectivity index (χ0n) is 14.9. The van der Waals surface area contributed by atoms with Gasteiger partial charge in [-0.1, -0.05) is 12.1 Å². The molecule has 0 atom stereocenters. The van der Waals surface area contributed by atoms with Crippen LogP contribution in [0, 0.1) is 5.82 Å². The van der Waals surface area contributed by atoms with E-state index < -0.39 is 15.8 Å². The van der Waals surface area contributed by atoms with Crippen molar-refractivity contribution in [1.82, 2.24) is 4.31 Å². The molecule has 0 saturated heterocycles. The average Bonchev–Trinajstić information content (AvgIpc) is 2.66. The third-order valence-corrected chi connectivity index (χ3v) is 6.22. The minimum Gasteiger partial charge on any atom is -0.484 e. The molecular formula is C19H21FN2O4S. The van der Waals surface area contributed by atoms with Gasteiger partial charge < -0.3 is 10.1 Å². The number of benzene rings is 2. The lowest BCUT2D eigenvalue weighted by molar-refractivity contribution is -0.118. The van der Waals surface area contributed by atoms with Gasteiger partial charge in [-0.2, -0.15) is 4.31 Å². The predicted molar refractivity (Wildman–Crippen MR) is 101 cm³/mol. The highest BCUT2D eigenvalue weighted by Gasteiger charge is 2.25. The highest BCUT2D eigenvalue weighted by molar-refractivity contribution is 7.89. The molecule has 2 aromatic carbocycles. The number of sulfonamides is 1. The van der Waals surface area contributed by atoms with Crippen LogP contribution in [0.15, 0.2) is 42.5 Å². The number of fused-ring (bicyclic) bond motifs is 1. The minimum atomic E-state index is -3.25. The van der Waals surface area contributed by atoms with E-state index in [0.29, 0.717) is 25.2 Å². The lowest BCUT2D eigenvalue weighted by Gasteiger charge is -2.28. The molecule has 3 rings (SSSR count). The van der Waals surface area contributed by atoms with Crippen molar-refractivity contribution < 1.29 is 22.3 Å². The smallest absolute Gasteiger partial charge is 0.262 e. The van der Waals surface area contributed by atoms with E-state index in [4.69, 9.17) is 4.74 Å². The Morgan fingerprint density at radius 1 is 1.22 bits per heavy atom. The summed E-state index contributed by atoms with van der Waals surface area (Å²) in [5.74, 6) is -0.478. The summed E-state index contributed by atoms with van der Waals surface area (Å²) < 4.78 is 44.0. The first kappa shape index (κ1) is 19.3. The highest BCUT2D eigenvalue weighted by Crippen LogP contribution is 2.24. The Morgan fingerprint density at radius 2 is 2.04 bits per heavy atom. The van der Waals surface area contributed by atoms with Crippen LogP contribution >= 0.6 is 0 Å². The summed E-state index contributed by atoms with van der Waals surface area (Å²) in [7, 11) is -3.25. The topological polar surface area (TPSA) is 75.7 Å². The van der Waals surface area contributed by atoms with Crippen LogP contribution < -0.4 is 10.1 Å². The van der Waals surface area contributed by atoms with Crippen molar-refractivity contribution in [2.75, 3.05) is 24.2 Å². The Kier molecular flexibility index (Phi) is 5.76. The standard InChI is InChI=1S/C19H21FN2O4S/c1-2-27(24,25)22-9-8-14-6-7-17(10-15(14)12-22)21-19(23)13-26-18-5-3-4-16(20)11-18/h3-7,10-11H,2,8-9,12-13H2,1H3,(H,21,23). The number of rotatable bonds is 6. The zero-order valence-corrected chi connectivity index (χ0v) is 15.8. The monoisotopic (exact) mass is 392 g/mol. The largest absolute Gasteiger partial charge is 0.484 e. The highest BCUT2D eigenvalue weighted by atomic mass is 32.2. The maximum Gasteiger partial charge on any atom is 0.262 e. The molecule has 0 fully saturated rings. The first-order valence-electron chi connectivity index (χ1n) is 8.65. The van der Waals surface area contributed by atoms with Gasteiger partial charge in [0.05, 0.1) is 5.75 Å². The number of hydrogen-bond acceptors (Lipinski definition) is 4. The number of halogens is 1. The molecule has 0 bridgehead atoms. The number of hydrogen-bond donors (Lipinski definition) is 1. The summed E-state index contributed by atoms with van der Waals surface area (Å²) >= 11 is 0. The normalized spacial score (nSPS) is 14.4. The molecule has 0 saturated carbocycles. The molecule has 1 heterocycles. The van der Waals surface area contributed by atoms with E-state index in [0.717, 1.165) is 11.1 Å². The molecule has 1 amide bonds.